The molecule has 0 bridgehead atoms. The Balaban J connectivity index is 1.48. The van der Waals surface area contributed by atoms with Crippen molar-refractivity contribution in [3.05, 3.63) is 48.5 Å². The number of ether oxygens (including phenoxy) is 2. The van der Waals surface area contributed by atoms with E-state index in [2.05, 4.69) is 5.32 Å². The van der Waals surface area contributed by atoms with Crippen molar-refractivity contribution in [3.8, 4) is 11.5 Å². The number of piperazine rings is 1. The number of benzene rings is 2. The van der Waals surface area contributed by atoms with E-state index in [1.165, 1.54) is 12.0 Å². The number of hydrogen-bond donors (Lipinski definition) is 1. The maximum atomic E-state index is 13.0. The number of carbonyl (C=O) groups is 3. The van der Waals surface area contributed by atoms with Crippen LogP contribution in [0.25, 0.3) is 0 Å². The molecule has 2 saturated heterocycles. The van der Waals surface area contributed by atoms with Crippen LogP contribution in [0.2, 0.25) is 0 Å². The highest BCUT2D eigenvalue weighted by Crippen LogP contribution is 2.30. The van der Waals surface area contributed by atoms with Crippen molar-refractivity contribution in [1.82, 2.24) is 9.80 Å². The summed E-state index contributed by atoms with van der Waals surface area (Å²) in [5.74, 6) is 0.826. The fourth-order valence-corrected chi connectivity index (χ4v) is 3.67. The van der Waals surface area contributed by atoms with Gasteiger partial charge in [-0.2, -0.15) is 0 Å². The molecule has 2 aromatic carbocycles. The summed E-state index contributed by atoms with van der Waals surface area (Å²) >= 11 is 0. The first-order valence-corrected chi connectivity index (χ1v) is 9.50. The summed E-state index contributed by atoms with van der Waals surface area (Å²) in [4.78, 5) is 42.8. The molecule has 1 unspecified atom stereocenters. The van der Waals surface area contributed by atoms with E-state index in [4.69, 9.17) is 9.47 Å². The maximum Gasteiger partial charge on any atom is 0.332 e. The zero-order chi connectivity index (χ0) is 21.3. The Bertz CT molecular complexity index is 995. The molecule has 2 aromatic rings. The van der Waals surface area contributed by atoms with Gasteiger partial charge in [-0.25, -0.2) is 14.5 Å². The Labute approximate surface area is 173 Å². The summed E-state index contributed by atoms with van der Waals surface area (Å²) in [5.41, 5.74) is 1.04. The number of urea groups is 2. The number of fused-ring (bicyclic) bond motifs is 1. The average Bonchev–Trinajstić information content (AvgIpc) is 3.03. The lowest BCUT2D eigenvalue weighted by molar-refractivity contribution is -0.120. The highest BCUT2D eigenvalue weighted by Gasteiger charge is 2.49. The van der Waals surface area contributed by atoms with Crippen molar-refractivity contribution in [2.24, 2.45) is 0 Å². The van der Waals surface area contributed by atoms with Crippen molar-refractivity contribution >= 4 is 29.3 Å². The minimum Gasteiger partial charge on any atom is -0.497 e. The fourth-order valence-electron chi connectivity index (χ4n) is 3.67. The number of nitrogens with one attached hydrogen (secondary N) is 1. The number of methoxy groups -OCH3 is 2. The second kappa shape index (κ2) is 7.94. The number of carbonyl (C=O) groups excluding carboxylic acids is 3. The molecule has 0 spiro atoms. The molecule has 1 N–H and O–H groups in total. The molecule has 4 rings (SSSR count). The van der Waals surface area contributed by atoms with E-state index in [1.807, 2.05) is 0 Å². The second-order valence-corrected chi connectivity index (χ2v) is 6.98. The average molecular weight is 410 g/mol. The molecule has 2 aliphatic rings. The van der Waals surface area contributed by atoms with Gasteiger partial charge < -0.3 is 24.6 Å². The summed E-state index contributed by atoms with van der Waals surface area (Å²) in [6, 6.07) is 12.4. The number of imide groups is 1. The minimum absolute atomic E-state index is 0.126. The standard InChI is InChI=1S/C21H22N4O5/c1-29-16-7-3-5-14(11-16)22-20(27)23-9-10-24-18(13-23)19(26)25(21(24)28)15-6-4-8-17(12-15)30-2/h3-8,11-12,18H,9-10,13H2,1-2H3,(H,22,27). The number of anilines is 2. The number of amides is 5. The van der Waals surface area contributed by atoms with Gasteiger partial charge in [-0.3, -0.25) is 4.79 Å². The van der Waals surface area contributed by atoms with E-state index in [1.54, 1.807) is 60.5 Å². The Hall–Kier alpha value is -3.75. The van der Waals surface area contributed by atoms with Crippen LogP contribution in [0.1, 0.15) is 0 Å². The Morgan fingerprint density at radius 2 is 1.70 bits per heavy atom. The van der Waals surface area contributed by atoms with Crippen molar-refractivity contribution in [2.75, 3.05) is 44.1 Å². The smallest absolute Gasteiger partial charge is 0.332 e. The van der Waals surface area contributed by atoms with Crippen LogP contribution in [0.4, 0.5) is 21.0 Å². The number of rotatable bonds is 4. The molecule has 1 atom stereocenters. The summed E-state index contributed by atoms with van der Waals surface area (Å²) in [6.45, 7) is 0.735. The van der Waals surface area contributed by atoms with Crippen molar-refractivity contribution in [3.63, 3.8) is 0 Å². The summed E-state index contributed by atoms with van der Waals surface area (Å²) < 4.78 is 10.4. The zero-order valence-electron chi connectivity index (χ0n) is 16.7. The van der Waals surface area contributed by atoms with Gasteiger partial charge in [-0.15, -0.1) is 0 Å². The van der Waals surface area contributed by atoms with E-state index in [0.29, 0.717) is 29.4 Å². The van der Waals surface area contributed by atoms with Crippen molar-refractivity contribution in [1.29, 1.82) is 0 Å². The first-order valence-electron chi connectivity index (χ1n) is 9.50. The normalized spacial score (nSPS) is 18.3. The molecule has 9 heteroatoms. The first-order chi connectivity index (χ1) is 14.5. The highest BCUT2D eigenvalue weighted by atomic mass is 16.5. The van der Waals surface area contributed by atoms with Crippen LogP contribution in [0, 0.1) is 0 Å². The lowest BCUT2D eigenvalue weighted by Crippen LogP contribution is -2.55. The van der Waals surface area contributed by atoms with E-state index >= 15 is 0 Å². The molecular formula is C21H22N4O5. The van der Waals surface area contributed by atoms with E-state index in [-0.39, 0.29) is 31.1 Å². The number of hydrogen-bond acceptors (Lipinski definition) is 5. The van der Waals surface area contributed by atoms with Crippen LogP contribution in [-0.2, 0) is 4.79 Å². The van der Waals surface area contributed by atoms with Crippen molar-refractivity contribution < 1.29 is 23.9 Å². The Morgan fingerprint density at radius 1 is 1.00 bits per heavy atom. The van der Waals surface area contributed by atoms with E-state index < -0.39 is 6.04 Å². The maximum absolute atomic E-state index is 13.0. The molecule has 0 saturated carbocycles. The molecule has 0 aliphatic carbocycles. The molecule has 9 nitrogen and oxygen atoms in total. The summed E-state index contributed by atoms with van der Waals surface area (Å²) in [7, 11) is 3.08. The third-order valence-electron chi connectivity index (χ3n) is 5.24. The van der Waals surface area contributed by atoms with Gasteiger partial charge >= 0.3 is 12.1 Å². The SMILES string of the molecule is COc1cccc(NC(=O)N2CCN3C(=O)N(c4cccc(OC)c4)C(=O)C3C2)c1. The second-order valence-electron chi connectivity index (χ2n) is 6.98. The monoisotopic (exact) mass is 410 g/mol. The summed E-state index contributed by atoms with van der Waals surface area (Å²) in [5, 5.41) is 2.81. The molecule has 30 heavy (non-hydrogen) atoms. The van der Waals surface area contributed by atoms with Gasteiger partial charge in [-0.05, 0) is 24.3 Å². The van der Waals surface area contributed by atoms with Crippen LogP contribution in [0.15, 0.2) is 48.5 Å². The first kappa shape index (κ1) is 19.6. The predicted molar refractivity (Wildman–Crippen MR) is 110 cm³/mol. The van der Waals surface area contributed by atoms with Gasteiger partial charge in [0.05, 0.1) is 26.5 Å². The molecule has 5 amide bonds. The third kappa shape index (κ3) is 3.49. The molecule has 2 aliphatic heterocycles. The van der Waals surface area contributed by atoms with Crippen LogP contribution in [0.5, 0.6) is 11.5 Å². The van der Waals surface area contributed by atoms with Gasteiger partial charge in [0.25, 0.3) is 5.91 Å². The van der Waals surface area contributed by atoms with Gasteiger partial charge in [0.1, 0.15) is 17.5 Å². The molecule has 0 radical (unpaired) electrons. The van der Waals surface area contributed by atoms with Crippen molar-refractivity contribution in [2.45, 2.75) is 6.04 Å². The van der Waals surface area contributed by atoms with E-state index in [9.17, 15) is 14.4 Å². The molecule has 0 aromatic heterocycles. The molecule has 156 valence electrons. The minimum atomic E-state index is -0.714. The van der Waals surface area contributed by atoms with Gasteiger partial charge in [0.2, 0.25) is 0 Å². The van der Waals surface area contributed by atoms with Gasteiger partial charge in [-0.1, -0.05) is 12.1 Å². The van der Waals surface area contributed by atoms with Gasteiger partial charge in [0.15, 0.2) is 0 Å². The van der Waals surface area contributed by atoms with Crippen LogP contribution in [0.3, 0.4) is 0 Å². The van der Waals surface area contributed by atoms with Gasteiger partial charge in [0, 0.05) is 30.9 Å². The Morgan fingerprint density at radius 3 is 2.43 bits per heavy atom. The molecule has 2 heterocycles. The van der Waals surface area contributed by atoms with Crippen LogP contribution >= 0.6 is 0 Å². The quantitative estimate of drug-likeness (QED) is 0.782. The summed E-state index contributed by atoms with van der Waals surface area (Å²) in [6.07, 6.45) is 0. The fraction of sp³-hybridized carbons (Fsp3) is 0.286. The number of nitrogens with zero attached hydrogens (tertiary/aromatic N) is 3. The third-order valence-corrected chi connectivity index (χ3v) is 5.24. The largest absolute Gasteiger partial charge is 0.497 e. The van der Waals surface area contributed by atoms with Crippen LogP contribution < -0.4 is 19.7 Å². The van der Waals surface area contributed by atoms with E-state index in [0.717, 1.165) is 4.90 Å². The molecule has 2 fully saturated rings. The highest BCUT2D eigenvalue weighted by molar-refractivity contribution is 6.21. The Kier molecular flexibility index (Phi) is 5.18. The topological polar surface area (TPSA) is 91.4 Å². The lowest BCUT2D eigenvalue weighted by Gasteiger charge is -2.35. The zero-order valence-corrected chi connectivity index (χ0v) is 16.7. The predicted octanol–water partition coefficient (Wildman–Crippen LogP) is 2.39. The molecular weight excluding hydrogens is 388 g/mol. The lowest BCUT2D eigenvalue weighted by atomic mass is 10.2. The van der Waals surface area contributed by atoms with Crippen LogP contribution in [-0.4, -0.2) is 67.7 Å².